The van der Waals surface area contributed by atoms with E-state index in [1.54, 1.807) is 0 Å². The second-order valence-electron chi connectivity index (χ2n) is 3.79. The molecular weight excluding hydrogens is 225 g/mol. The zero-order chi connectivity index (χ0) is 12.2. The Morgan fingerprint density at radius 1 is 1.19 bits per heavy atom. The van der Waals surface area contributed by atoms with Crippen LogP contribution < -0.4 is 0 Å². The first-order valence-electron chi connectivity index (χ1n) is 5.15. The lowest BCUT2D eigenvalue weighted by Crippen LogP contribution is -2.51. The quantitative estimate of drug-likeness (QED) is 0.744. The zero-order valence-corrected chi connectivity index (χ0v) is 8.83. The maximum absolute atomic E-state index is 12.3. The predicted octanol–water partition coefficient (Wildman–Crippen LogP) is 0.989. The van der Waals surface area contributed by atoms with E-state index in [0.29, 0.717) is 31.0 Å². The molecule has 0 aliphatic carbocycles. The molecule has 1 fully saturated rings. The summed E-state index contributed by atoms with van der Waals surface area (Å²) < 4.78 is 36.8. The van der Waals surface area contributed by atoms with Crippen LogP contribution in [-0.2, 0) is 4.79 Å². The molecule has 0 spiro atoms. The van der Waals surface area contributed by atoms with Crippen LogP contribution in [0.2, 0.25) is 0 Å². The van der Waals surface area contributed by atoms with Gasteiger partial charge >= 0.3 is 12.3 Å². The van der Waals surface area contributed by atoms with Crippen molar-refractivity contribution >= 4 is 5.97 Å². The van der Waals surface area contributed by atoms with Crippen molar-refractivity contribution in [2.75, 3.05) is 32.7 Å². The number of carbonyl (C=O) groups is 1. The summed E-state index contributed by atoms with van der Waals surface area (Å²) in [7, 11) is 0. The number of carboxylic acids is 1. The fourth-order valence-corrected chi connectivity index (χ4v) is 1.68. The van der Waals surface area contributed by atoms with E-state index < -0.39 is 12.3 Å². The largest absolute Gasteiger partial charge is 0.481 e. The predicted molar refractivity (Wildman–Crippen MR) is 50.9 cm³/mol. The molecule has 0 unspecified atom stereocenters. The van der Waals surface area contributed by atoms with Crippen molar-refractivity contribution in [2.24, 2.45) is 0 Å². The summed E-state index contributed by atoms with van der Waals surface area (Å²) in [5, 5.41) is 8.42. The Bertz CT molecular complexity index is 237. The number of halogens is 3. The second-order valence-corrected chi connectivity index (χ2v) is 3.79. The third kappa shape index (κ3) is 4.36. The summed E-state index contributed by atoms with van der Waals surface area (Å²) in [5.41, 5.74) is 0. The normalized spacial score (nSPS) is 19.9. The van der Waals surface area contributed by atoms with Gasteiger partial charge in [-0.05, 0) is 13.0 Å². The third-order valence-electron chi connectivity index (χ3n) is 2.60. The van der Waals surface area contributed by atoms with Crippen molar-refractivity contribution in [3.8, 4) is 0 Å². The highest BCUT2D eigenvalue weighted by molar-refractivity contribution is 5.66. The molecule has 0 saturated carbocycles. The number of aliphatic carboxylic acids is 1. The Labute approximate surface area is 91.6 Å². The minimum absolute atomic E-state index is 0.0312. The lowest BCUT2D eigenvalue weighted by molar-refractivity contribution is -0.252. The molecule has 1 heterocycles. The van der Waals surface area contributed by atoms with E-state index in [9.17, 15) is 18.0 Å². The minimum atomic E-state index is -4.24. The molecule has 4 nitrogen and oxygen atoms in total. The van der Waals surface area contributed by atoms with Crippen LogP contribution in [0.15, 0.2) is 0 Å². The van der Waals surface area contributed by atoms with Gasteiger partial charge in [-0.1, -0.05) is 0 Å². The van der Waals surface area contributed by atoms with E-state index in [-0.39, 0.29) is 19.5 Å². The van der Waals surface area contributed by atoms with E-state index >= 15 is 0 Å². The summed E-state index contributed by atoms with van der Waals surface area (Å²) in [5.74, 6) is -0.867. The Balaban J connectivity index is 2.19. The van der Waals surface area contributed by atoms with Gasteiger partial charge in [0.15, 0.2) is 0 Å². The lowest BCUT2D eigenvalue weighted by atomic mass is 10.2. The lowest BCUT2D eigenvalue weighted by Gasteiger charge is -2.35. The van der Waals surface area contributed by atoms with Crippen LogP contribution in [0.3, 0.4) is 0 Å². The molecule has 1 aliphatic rings. The van der Waals surface area contributed by atoms with Crippen LogP contribution in [0.1, 0.15) is 12.8 Å². The Hall–Kier alpha value is -0.820. The number of carboxylic acid groups (broad SMARTS) is 1. The molecule has 7 heteroatoms. The van der Waals surface area contributed by atoms with Crippen LogP contribution in [0.25, 0.3) is 0 Å². The highest BCUT2D eigenvalue weighted by Crippen LogP contribution is 2.22. The van der Waals surface area contributed by atoms with Crippen LogP contribution in [0, 0.1) is 0 Å². The Morgan fingerprint density at radius 3 is 2.19 bits per heavy atom. The van der Waals surface area contributed by atoms with E-state index in [1.807, 2.05) is 4.90 Å². The van der Waals surface area contributed by atoms with Crippen molar-refractivity contribution < 1.29 is 23.1 Å². The average molecular weight is 240 g/mol. The van der Waals surface area contributed by atoms with Crippen LogP contribution in [0.4, 0.5) is 13.2 Å². The van der Waals surface area contributed by atoms with E-state index in [4.69, 9.17) is 5.11 Å². The number of nitrogens with zero attached hydrogens (tertiary/aromatic N) is 2. The molecule has 0 aromatic carbocycles. The molecule has 0 aromatic heterocycles. The maximum Gasteiger partial charge on any atom is 0.460 e. The third-order valence-corrected chi connectivity index (χ3v) is 2.60. The van der Waals surface area contributed by atoms with Gasteiger partial charge < -0.3 is 10.0 Å². The number of piperazine rings is 1. The molecule has 0 amide bonds. The molecule has 1 N–H and O–H groups in total. The first-order valence-corrected chi connectivity index (χ1v) is 5.15. The van der Waals surface area contributed by atoms with Gasteiger partial charge in [0.05, 0.1) is 0 Å². The SMILES string of the molecule is O=C(O)CCCN1CCN(C(F)(F)F)CC1. The molecule has 1 rings (SSSR count). The second kappa shape index (κ2) is 5.49. The van der Waals surface area contributed by atoms with E-state index in [2.05, 4.69) is 0 Å². The molecule has 1 saturated heterocycles. The topological polar surface area (TPSA) is 43.8 Å². The fraction of sp³-hybridized carbons (Fsp3) is 0.889. The van der Waals surface area contributed by atoms with Gasteiger partial charge in [-0.25, -0.2) is 4.90 Å². The van der Waals surface area contributed by atoms with Crippen LogP contribution in [0.5, 0.6) is 0 Å². The van der Waals surface area contributed by atoms with Gasteiger partial charge in [-0.15, -0.1) is 0 Å². The molecule has 94 valence electrons. The smallest absolute Gasteiger partial charge is 0.460 e. The Morgan fingerprint density at radius 2 is 1.75 bits per heavy atom. The van der Waals surface area contributed by atoms with Crippen LogP contribution in [-0.4, -0.2) is 59.9 Å². The zero-order valence-electron chi connectivity index (χ0n) is 8.83. The summed E-state index contributed by atoms with van der Waals surface area (Å²) >= 11 is 0. The van der Waals surface area contributed by atoms with E-state index in [1.165, 1.54) is 0 Å². The van der Waals surface area contributed by atoms with Crippen molar-refractivity contribution in [1.82, 2.24) is 9.80 Å². The van der Waals surface area contributed by atoms with Gasteiger partial charge in [0.25, 0.3) is 0 Å². The van der Waals surface area contributed by atoms with Crippen molar-refractivity contribution in [2.45, 2.75) is 19.1 Å². The van der Waals surface area contributed by atoms with Crippen molar-refractivity contribution in [1.29, 1.82) is 0 Å². The van der Waals surface area contributed by atoms with Gasteiger partial charge in [0.2, 0.25) is 0 Å². The summed E-state index contributed by atoms with van der Waals surface area (Å²) in [6.07, 6.45) is -3.69. The van der Waals surface area contributed by atoms with Gasteiger partial charge in [0, 0.05) is 32.6 Å². The molecule has 0 radical (unpaired) electrons. The number of hydrogen-bond donors (Lipinski definition) is 1. The summed E-state index contributed by atoms with van der Waals surface area (Å²) in [6.45, 7) is 1.18. The van der Waals surface area contributed by atoms with Gasteiger partial charge in [-0.3, -0.25) is 4.79 Å². The van der Waals surface area contributed by atoms with Gasteiger partial charge in [0.1, 0.15) is 0 Å². The van der Waals surface area contributed by atoms with E-state index in [0.717, 1.165) is 0 Å². The summed E-state index contributed by atoms with van der Waals surface area (Å²) in [6, 6.07) is 0. The average Bonchev–Trinajstić information content (AvgIpc) is 2.16. The standard InChI is InChI=1S/C9H15F3N2O2/c10-9(11,12)14-6-4-13(5-7-14)3-1-2-8(15)16/h1-7H2,(H,15,16). The molecular formula is C9H15F3N2O2. The van der Waals surface area contributed by atoms with Crippen molar-refractivity contribution in [3.05, 3.63) is 0 Å². The number of hydrogen-bond acceptors (Lipinski definition) is 3. The number of alkyl halides is 3. The monoisotopic (exact) mass is 240 g/mol. The maximum atomic E-state index is 12.3. The first kappa shape index (κ1) is 13.2. The molecule has 0 atom stereocenters. The van der Waals surface area contributed by atoms with Gasteiger partial charge in [-0.2, -0.15) is 13.2 Å². The minimum Gasteiger partial charge on any atom is -0.481 e. The summed E-state index contributed by atoms with van der Waals surface area (Å²) in [4.78, 5) is 12.6. The van der Waals surface area contributed by atoms with Crippen molar-refractivity contribution in [3.63, 3.8) is 0 Å². The van der Waals surface area contributed by atoms with Crippen LogP contribution >= 0.6 is 0 Å². The molecule has 16 heavy (non-hydrogen) atoms. The first-order chi connectivity index (χ1) is 7.39. The molecule has 0 bridgehead atoms. The highest BCUT2D eigenvalue weighted by atomic mass is 19.4. The molecule has 0 aromatic rings. The number of rotatable bonds is 4. The molecule has 1 aliphatic heterocycles. The fourth-order valence-electron chi connectivity index (χ4n) is 1.68. The highest BCUT2D eigenvalue weighted by Gasteiger charge is 2.38. The Kier molecular flexibility index (Phi) is 4.55.